The van der Waals surface area contributed by atoms with E-state index in [0.29, 0.717) is 25.5 Å². The van der Waals surface area contributed by atoms with Crippen molar-refractivity contribution in [3.05, 3.63) is 42.1 Å². The summed E-state index contributed by atoms with van der Waals surface area (Å²) in [7, 11) is 0. The Kier molecular flexibility index (Phi) is 7.33. The molecule has 8 nitrogen and oxygen atoms in total. The predicted octanol–water partition coefficient (Wildman–Crippen LogP) is 3.10. The number of aromatic nitrogens is 2. The molecular formula is C23H33N5O3. The Balaban J connectivity index is 1.74. The second-order valence-corrected chi connectivity index (χ2v) is 8.49. The van der Waals surface area contributed by atoms with Gasteiger partial charge in [-0.2, -0.15) is 5.10 Å². The van der Waals surface area contributed by atoms with Crippen molar-refractivity contribution in [3.63, 3.8) is 0 Å². The maximum absolute atomic E-state index is 12.8. The molecule has 0 bridgehead atoms. The number of carbonyl (C=O) groups is 2. The fourth-order valence-electron chi connectivity index (χ4n) is 3.84. The summed E-state index contributed by atoms with van der Waals surface area (Å²) in [4.78, 5) is 28.8. The molecule has 1 saturated heterocycles. The number of ether oxygens (including phenoxy) is 1. The lowest BCUT2D eigenvalue weighted by Crippen LogP contribution is -2.51. The molecule has 8 heteroatoms. The number of hydrogen-bond donors (Lipinski definition) is 1. The normalized spacial score (nSPS) is 17.3. The number of amides is 2. The Bertz CT molecular complexity index is 891. The highest BCUT2D eigenvalue weighted by molar-refractivity contribution is 5.91. The summed E-state index contributed by atoms with van der Waals surface area (Å²) in [6.45, 7) is 11.6. The monoisotopic (exact) mass is 427 g/mol. The van der Waals surface area contributed by atoms with Crippen LogP contribution in [0, 0.1) is 0 Å². The first-order chi connectivity index (χ1) is 14.7. The van der Waals surface area contributed by atoms with Gasteiger partial charge in [0.05, 0.1) is 24.9 Å². The molecule has 1 aliphatic rings. The van der Waals surface area contributed by atoms with E-state index in [0.717, 1.165) is 11.3 Å². The van der Waals surface area contributed by atoms with Gasteiger partial charge in [0.2, 0.25) is 11.8 Å². The van der Waals surface area contributed by atoms with Crippen molar-refractivity contribution in [3.8, 4) is 5.75 Å². The zero-order valence-electron chi connectivity index (χ0n) is 19.0. The molecule has 2 amide bonds. The zero-order valence-corrected chi connectivity index (χ0v) is 19.0. The van der Waals surface area contributed by atoms with Gasteiger partial charge in [-0.25, -0.2) is 4.68 Å². The summed E-state index contributed by atoms with van der Waals surface area (Å²) in [5.41, 5.74) is 1.06. The van der Waals surface area contributed by atoms with Gasteiger partial charge in [0.15, 0.2) is 0 Å². The molecule has 1 N–H and O–H groups in total. The minimum atomic E-state index is -0.0940. The molecule has 1 aliphatic heterocycles. The van der Waals surface area contributed by atoms with Crippen molar-refractivity contribution >= 4 is 17.6 Å². The van der Waals surface area contributed by atoms with Gasteiger partial charge >= 0.3 is 0 Å². The molecule has 1 atom stereocenters. The molecule has 3 rings (SSSR count). The number of piperazine rings is 1. The Labute approximate surface area is 184 Å². The SMILES string of the molecule is CC(=O)N1CCN(CC(=O)Nc2ccnn2C(C)C)C(c2ccc(OC(C)C)cc2)C1. The van der Waals surface area contributed by atoms with Gasteiger partial charge in [-0.3, -0.25) is 14.5 Å². The lowest BCUT2D eigenvalue weighted by Gasteiger charge is -2.41. The maximum Gasteiger partial charge on any atom is 0.239 e. The molecule has 1 aromatic carbocycles. The van der Waals surface area contributed by atoms with E-state index in [4.69, 9.17) is 4.74 Å². The summed E-state index contributed by atoms with van der Waals surface area (Å²) < 4.78 is 7.53. The van der Waals surface area contributed by atoms with E-state index in [1.165, 1.54) is 0 Å². The van der Waals surface area contributed by atoms with E-state index in [9.17, 15) is 9.59 Å². The average Bonchev–Trinajstić information content (AvgIpc) is 3.16. The third-order valence-corrected chi connectivity index (χ3v) is 5.35. The third kappa shape index (κ3) is 5.85. The van der Waals surface area contributed by atoms with Crippen LogP contribution in [-0.4, -0.2) is 63.7 Å². The number of rotatable bonds is 7. The van der Waals surface area contributed by atoms with Crippen LogP contribution in [0.3, 0.4) is 0 Å². The second-order valence-electron chi connectivity index (χ2n) is 8.49. The number of benzene rings is 1. The summed E-state index contributed by atoms with van der Waals surface area (Å²) in [6.07, 6.45) is 1.79. The molecule has 168 valence electrons. The van der Waals surface area contributed by atoms with E-state index >= 15 is 0 Å². The fourth-order valence-corrected chi connectivity index (χ4v) is 3.84. The molecule has 0 spiro atoms. The van der Waals surface area contributed by atoms with Crippen LogP contribution in [0.25, 0.3) is 0 Å². The van der Waals surface area contributed by atoms with Gasteiger partial charge < -0.3 is 15.0 Å². The highest BCUT2D eigenvalue weighted by atomic mass is 16.5. The van der Waals surface area contributed by atoms with Crippen molar-refractivity contribution in [2.45, 2.75) is 52.8 Å². The largest absolute Gasteiger partial charge is 0.491 e. The number of carbonyl (C=O) groups excluding carboxylic acids is 2. The van der Waals surface area contributed by atoms with Crippen LogP contribution in [0.15, 0.2) is 36.5 Å². The van der Waals surface area contributed by atoms with Crippen molar-refractivity contribution in [1.82, 2.24) is 19.6 Å². The molecule has 0 radical (unpaired) electrons. The van der Waals surface area contributed by atoms with Crippen LogP contribution in [-0.2, 0) is 9.59 Å². The average molecular weight is 428 g/mol. The van der Waals surface area contributed by atoms with Crippen LogP contribution in [0.5, 0.6) is 5.75 Å². The van der Waals surface area contributed by atoms with Crippen LogP contribution < -0.4 is 10.1 Å². The Hall–Kier alpha value is -2.87. The third-order valence-electron chi connectivity index (χ3n) is 5.35. The molecule has 31 heavy (non-hydrogen) atoms. The van der Waals surface area contributed by atoms with Gasteiger partial charge in [-0.05, 0) is 45.4 Å². The van der Waals surface area contributed by atoms with Crippen molar-refractivity contribution in [1.29, 1.82) is 0 Å². The molecule has 1 aromatic heterocycles. The van der Waals surface area contributed by atoms with E-state index in [2.05, 4.69) is 15.3 Å². The van der Waals surface area contributed by atoms with E-state index in [1.807, 2.05) is 56.9 Å². The van der Waals surface area contributed by atoms with Gasteiger partial charge in [-0.1, -0.05) is 12.1 Å². The first kappa shape index (κ1) is 22.8. The fraction of sp³-hybridized carbons (Fsp3) is 0.522. The smallest absolute Gasteiger partial charge is 0.239 e. The molecular weight excluding hydrogens is 394 g/mol. The predicted molar refractivity (Wildman–Crippen MR) is 120 cm³/mol. The number of nitrogens with zero attached hydrogens (tertiary/aromatic N) is 4. The van der Waals surface area contributed by atoms with Gasteiger partial charge in [-0.15, -0.1) is 0 Å². The van der Waals surface area contributed by atoms with Crippen LogP contribution >= 0.6 is 0 Å². The van der Waals surface area contributed by atoms with E-state index in [1.54, 1.807) is 23.9 Å². The topological polar surface area (TPSA) is 79.7 Å². The highest BCUT2D eigenvalue weighted by Crippen LogP contribution is 2.27. The number of anilines is 1. The summed E-state index contributed by atoms with van der Waals surface area (Å²) in [5.74, 6) is 1.46. The zero-order chi connectivity index (χ0) is 22.5. The van der Waals surface area contributed by atoms with Crippen LogP contribution in [0.1, 0.15) is 52.3 Å². The number of hydrogen-bond acceptors (Lipinski definition) is 5. The van der Waals surface area contributed by atoms with Crippen molar-refractivity contribution in [2.24, 2.45) is 0 Å². The first-order valence-electron chi connectivity index (χ1n) is 10.8. The first-order valence-corrected chi connectivity index (χ1v) is 10.8. The Morgan fingerprint density at radius 1 is 1.13 bits per heavy atom. The number of nitrogens with one attached hydrogen (secondary N) is 1. The Morgan fingerprint density at radius 3 is 2.45 bits per heavy atom. The van der Waals surface area contributed by atoms with Gasteiger partial charge in [0.1, 0.15) is 11.6 Å². The Morgan fingerprint density at radius 2 is 1.84 bits per heavy atom. The van der Waals surface area contributed by atoms with Gasteiger partial charge in [0, 0.05) is 38.7 Å². The second kappa shape index (κ2) is 9.96. The van der Waals surface area contributed by atoms with Crippen molar-refractivity contribution < 1.29 is 14.3 Å². The van der Waals surface area contributed by atoms with Crippen LogP contribution in [0.4, 0.5) is 5.82 Å². The molecule has 2 heterocycles. The minimum absolute atomic E-state index is 0.0506. The standard InChI is InChI=1S/C23H33N5O3/c1-16(2)28-22(10-11-24-28)25-23(30)15-27-13-12-26(18(5)29)14-21(27)19-6-8-20(9-7-19)31-17(3)4/h6-11,16-17,21H,12-15H2,1-5H3,(H,25,30). The van der Waals surface area contributed by atoms with Crippen LogP contribution in [0.2, 0.25) is 0 Å². The molecule has 0 aliphatic carbocycles. The lowest BCUT2D eigenvalue weighted by atomic mass is 10.0. The summed E-state index contributed by atoms with van der Waals surface area (Å²) in [5, 5.41) is 7.24. The van der Waals surface area contributed by atoms with Crippen molar-refractivity contribution in [2.75, 3.05) is 31.5 Å². The summed E-state index contributed by atoms with van der Waals surface area (Å²) >= 11 is 0. The molecule has 1 fully saturated rings. The molecule has 1 unspecified atom stereocenters. The van der Waals surface area contributed by atoms with E-state index < -0.39 is 0 Å². The maximum atomic E-state index is 12.8. The molecule has 0 saturated carbocycles. The summed E-state index contributed by atoms with van der Waals surface area (Å²) in [6, 6.07) is 9.82. The quantitative estimate of drug-likeness (QED) is 0.735. The van der Waals surface area contributed by atoms with Gasteiger partial charge in [0.25, 0.3) is 0 Å². The van der Waals surface area contributed by atoms with E-state index in [-0.39, 0.29) is 36.5 Å². The minimum Gasteiger partial charge on any atom is -0.491 e. The highest BCUT2D eigenvalue weighted by Gasteiger charge is 2.31. The molecule has 2 aromatic rings. The lowest BCUT2D eigenvalue weighted by molar-refractivity contribution is -0.132.